The number of carbonyl (C=O) groups is 1. The van der Waals surface area contributed by atoms with Crippen molar-refractivity contribution in [3.63, 3.8) is 0 Å². The van der Waals surface area contributed by atoms with E-state index in [-0.39, 0.29) is 5.97 Å². The van der Waals surface area contributed by atoms with Crippen LogP contribution in [0.15, 0.2) is 24.3 Å². The fourth-order valence-corrected chi connectivity index (χ4v) is 1.36. The summed E-state index contributed by atoms with van der Waals surface area (Å²) in [6.45, 7) is 11.8. The molecule has 0 saturated heterocycles. The molecule has 0 spiro atoms. The summed E-state index contributed by atoms with van der Waals surface area (Å²) < 4.78 is 5.42. The van der Waals surface area contributed by atoms with Gasteiger partial charge in [0, 0.05) is 6.42 Å². The van der Waals surface area contributed by atoms with Crippen molar-refractivity contribution in [1.29, 1.82) is 0 Å². The zero-order chi connectivity index (χ0) is 12.6. The lowest BCUT2D eigenvalue weighted by Crippen LogP contribution is -2.29. The zero-order valence-electron chi connectivity index (χ0n) is 11.0. The van der Waals surface area contributed by atoms with E-state index in [0.717, 1.165) is 19.3 Å². The van der Waals surface area contributed by atoms with Crippen LogP contribution < -0.4 is 0 Å². The van der Waals surface area contributed by atoms with E-state index in [2.05, 4.69) is 26.5 Å². The number of rotatable bonds is 7. The third-order valence-electron chi connectivity index (χ3n) is 2.43. The molecule has 0 aliphatic heterocycles. The van der Waals surface area contributed by atoms with Gasteiger partial charge < -0.3 is 4.74 Å². The molecule has 0 aliphatic rings. The topological polar surface area (TPSA) is 26.3 Å². The van der Waals surface area contributed by atoms with Gasteiger partial charge in [-0.05, 0) is 46.1 Å². The highest BCUT2D eigenvalue weighted by Gasteiger charge is 2.23. The van der Waals surface area contributed by atoms with E-state index in [1.807, 2.05) is 13.8 Å². The SMILES string of the molecule is C=C[C@@](C)(CCC=C(C)C)OC(=O)CCC. The molecule has 0 unspecified atom stereocenters. The second-order valence-electron chi connectivity index (χ2n) is 4.56. The molecular formula is C14H24O2. The van der Waals surface area contributed by atoms with Gasteiger partial charge in [-0.2, -0.15) is 0 Å². The predicted octanol–water partition coefficient (Wildman–Crippen LogP) is 4.02. The Hall–Kier alpha value is -1.05. The Kier molecular flexibility index (Phi) is 6.78. The first kappa shape index (κ1) is 14.9. The van der Waals surface area contributed by atoms with Crippen molar-refractivity contribution in [2.75, 3.05) is 0 Å². The molecule has 0 heterocycles. The first-order valence-corrected chi connectivity index (χ1v) is 5.92. The van der Waals surface area contributed by atoms with Crippen LogP contribution >= 0.6 is 0 Å². The lowest BCUT2D eigenvalue weighted by molar-refractivity contribution is -0.154. The Bertz CT molecular complexity index is 262. The van der Waals surface area contributed by atoms with Crippen molar-refractivity contribution < 1.29 is 9.53 Å². The Labute approximate surface area is 99.4 Å². The molecular weight excluding hydrogens is 200 g/mol. The van der Waals surface area contributed by atoms with Gasteiger partial charge >= 0.3 is 5.97 Å². The third-order valence-corrected chi connectivity index (χ3v) is 2.43. The van der Waals surface area contributed by atoms with Crippen LogP contribution in [0.3, 0.4) is 0 Å². The molecule has 0 aromatic rings. The summed E-state index contributed by atoms with van der Waals surface area (Å²) in [5.74, 6) is -0.137. The molecule has 0 aromatic carbocycles. The smallest absolute Gasteiger partial charge is 0.306 e. The van der Waals surface area contributed by atoms with E-state index >= 15 is 0 Å². The highest BCUT2D eigenvalue weighted by Crippen LogP contribution is 2.20. The van der Waals surface area contributed by atoms with Gasteiger partial charge in [-0.15, -0.1) is 0 Å². The second kappa shape index (κ2) is 7.26. The summed E-state index contributed by atoms with van der Waals surface area (Å²) in [4.78, 5) is 11.4. The van der Waals surface area contributed by atoms with Crippen molar-refractivity contribution in [1.82, 2.24) is 0 Å². The van der Waals surface area contributed by atoms with E-state index in [0.29, 0.717) is 6.42 Å². The molecule has 0 radical (unpaired) electrons. The van der Waals surface area contributed by atoms with Crippen LogP contribution in [0.2, 0.25) is 0 Å². The summed E-state index contributed by atoms with van der Waals surface area (Å²) in [5.41, 5.74) is 0.754. The molecule has 0 N–H and O–H groups in total. The molecule has 2 nitrogen and oxygen atoms in total. The minimum absolute atomic E-state index is 0.137. The van der Waals surface area contributed by atoms with E-state index in [1.165, 1.54) is 5.57 Å². The first-order valence-electron chi connectivity index (χ1n) is 5.92. The molecule has 0 bridgehead atoms. The maximum absolute atomic E-state index is 11.4. The molecule has 0 rings (SSSR count). The molecule has 0 fully saturated rings. The van der Waals surface area contributed by atoms with Crippen LogP contribution in [0, 0.1) is 0 Å². The van der Waals surface area contributed by atoms with Crippen LogP contribution in [0.1, 0.15) is 53.4 Å². The average molecular weight is 224 g/mol. The van der Waals surface area contributed by atoms with Gasteiger partial charge in [0.2, 0.25) is 0 Å². The molecule has 1 atom stereocenters. The highest BCUT2D eigenvalue weighted by molar-refractivity contribution is 5.70. The summed E-state index contributed by atoms with van der Waals surface area (Å²) in [6.07, 6.45) is 6.86. The van der Waals surface area contributed by atoms with Crippen molar-refractivity contribution in [2.24, 2.45) is 0 Å². The summed E-state index contributed by atoms with van der Waals surface area (Å²) in [5, 5.41) is 0. The molecule has 92 valence electrons. The second-order valence-corrected chi connectivity index (χ2v) is 4.56. The summed E-state index contributed by atoms with van der Waals surface area (Å²) in [7, 11) is 0. The van der Waals surface area contributed by atoms with Crippen LogP contribution in [0.25, 0.3) is 0 Å². The quantitative estimate of drug-likeness (QED) is 0.482. The van der Waals surface area contributed by atoms with Gasteiger partial charge in [0.25, 0.3) is 0 Å². The molecule has 0 amide bonds. The summed E-state index contributed by atoms with van der Waals surface area (Å²) in [6, 6.07) is 0. The van der Waals surface area contributed by atoms with Crippen molar-refractivity contribution in [2.45, 2.75) is 59.0 Å². The van der Waals surface area contributed by atoms with E-state index < -0.39 is 5.60 Å². The fourth-order valence-electron chi connectivity index (χ4n) is 1.36. The molecule has 16 heavy (non-hydrogen) atoms. The fraction of sp³-hybridized carbons (Fsp3) is 0.643. The maximum atomic E-state index is 11.4. The van der Waals surface area contributed by atoms with Crippen LogP contribution in [-0.2, 0) is 9.53 Å². The Morgan fingerprint density at radius 3 is 2.50 bits per heavy atom. The average Bonchev–Trinajstić information content (AvgIpc) is 2.17. The van der Waals surface area contributed by atoms with E-state index in [4.69, 9.17) is 4.74 Å². The first-order chi connectivity index (χ1) is 7.43. The van der Waals surface area contributed by atoms with Crippen molar-refractivity contribution in [3.05, 3.63) is 24.3 Å². The Morgan fingerprint density at radius 2 is 2.06 bits per heavy atom. The standard InChI is InChI=1S/C14H24O2/c1-6-9-13(15)16-14(5,7-2)11-8-10-12(3)4/h7,10H,2,6,8-9,11H2,1,3-5H3/t14-/m0/s1. The largest absolute Gasteiger partial charge is 0.455 e. The van der Waals surface area contributed by atoms with Gasteiger partial charge in [0.1, 0.15) is 5.60 Å². The van der Waals surface area contributed by atoms with Gasteiger partial charge in [0.05, 0.1) is 0 Å². The Morgan fingerprint density at radius 1 is 1.44 bits per heavy atom. The normalized spacial score (nSPS) is 13.8. The van der Waals surface area contributed by atoms with Gasteiger partial charge in [-0.3, -0.25) is 4.79 Å². The predicted molar refractivity (Wildman–Crippen MR) is 68.3 cm³/mol. The van der Waals surface area contributed by atoms with Gasteiger partial charge in [-0.1, -0.05) is 25.2 Å². The summed E-state index contributed by atoms with van der Waals surface area (Å²) >= 11 is 0. The minimum atomic E-state index is -0.530. The number of allylic oxidation sites excluding steroid dienone is 2. The lowest BCUT2D eigenvalue weighted by Gasteiger charge is -2.25. The minimum Gasteiger partial charge on any atom is -0.455 e. The van der Waals surface area contributed by atoms with Crippen LogP contribution in [0.5, 0.6) is 0 Å². The van der Waals surface area contributed by atoms with Gasteiger partial charge in [0.15, 0.2) is 0 Å². The molecule has 0 saturated carbocycles. The molecule has 0 aliphatic carbocycles. The number of esters is 1. The molecule has 0 aromatic heterocycles. The van der Waals surface area contributed by atoms with Crippen molar-refractivity contribution >= 4 is 5.97 Å². The number of ether oxygens (including phenoxy) is 1. The third kappa shape index (κ3) is 6.44. The molecule has 2 heteroatoms. The number of hydrogen-bond acceptors (Lipinski definition) is 2. The number of hydrogen-bond donors (Lipinski definition) is 0. The van der Waals surface area contributed by atoms with E-state index in [1.54, 1.807) is 6.08 Å². The maximum Gasteiger partial charge on any atom is 0.306 e. The number of carbonyl (C=O) groups excluding carboxylic acids is 1. The van der Waals surface area contributed by atoms with Crippen molar-refractivity contribution in [3.8, 4) is 0 Å². The highest BCUT2D eigenvalue weighted by atomic mass is 16.6. The van der Waals surface area contributed by atoms with Gasteiger partial charge in [-0.25, -0.2) is 0 Å². The zero-order valence-corrected chi connectivity index (χ0v) is 11.0. The Balaban J connectivity index is 4.25. The lowest BCUT2D eigenvalue weighted by atomic mass is 9.99. The van der Waals surface area contributed by atoms with Crippen LogP contribution in [0.4, 0.5) is 0 Å². The monoisotopic (exact) mass is 224 g/mol. The van der Waals surface area contributed by atoms with E-state index in [9.17, 15) is 4.79 Å². The van der Waals surface area contributed by atoms with Crippen LogP contribution in [-0.4, -0.2) is 11.6 Å².